The summed E-state index contributed by atoms with van der Waals surface area (Å²) < 4.78 is 31.7. The van der Waals surface area contributed by atoms with Gasteiger partial charge in [-0.3, -0.25) is 14.6 Å². The Kier molecular flexibility index (Phi) is 9.01. The van der Waals surface area contributed by atoms with E-state index in [0.29, 0.717) is 24.9 Å². The minimum Gasteiger partial charge on any atom is -0.475 e. The second-order valence-corrected chi connectivity index (χ2v) is 8.21. The average Bonchev–Trinajstić information content (AvgIpc) is 3.22. The highest BCUT2D eigenvalue weighted by atomic mass is 19.4. The number of rotatable bonds is 7. The van der Waals surface area contributed by atoms with Crippen molar-refractivity contribution < 1.29 is 32.7 Å². The van der Waals surface area contributed by atoms with E-state index in [4.69, 9.17) is 9.90 Å². The molecule has 3 aromatic rings. The van der Waals surface area contributed by atoms with Crippen molar-refractivity contribution in [1.29, 1.82) is 0 Å². The molecule has 4 rings (SSSR count). The van der Waals surface area contributed by atoms with Crippen LogP contribution in [0, 0.1) is 0 Å². The first-order chi connectivity index (χ1) is 17.6. The molecule has 0 aliphatic heterocycles. The van der Waals surface area contributed by atoms with Crippen molar-refractivity contribution in [2.24, 2.45) is 0 Å². The van der Waals surface area contributed by atoms with Gasteiger partial charge in [0, 0.05) is 61.2 Å². The Labute approximate surface area is 210 Å². The molecule has 12 heteroatoms. The molecular weight excluding hydrogens is 491 g/mol. The Morgan fingerprint density at radius 3 is 2.35 bits per heavy atom. The number of anilines is 2. The van der Waals surface area contributed by atoms with Crippen molar-refractivity contribution >= 4 is 29.0 Å². The maximum Gasteiger partial charge on any atom is 0.490 e. The van der Waals surface area contributed by atoms with Crippen LogP contribution < -0.4 is 16.0 Å². The molecule has 1 amide bonds. The van der Waals surface area contributed by atoms with Crippen LogP contribution in [0.5, 0.6) is 0 Å². The zero-order valence-corrected chi connectivity index (χ0v) is 19.9. The predicted molar refractivity (Wildman–Crippen MR) is 131 cm³/mol. The van der Waals surface area contributed by atoms with Gasteiger partial charge in [-0.2, -0.15) is 13.2 Å². The zero-order chi connectivity index (χ0) is 27.0. The number of carboxylic acid groups (broad SMARTS) is 1. The number of H-pyrrole nitrogens is 1. The lowest BCUT2D eigenvalue weighted by Crippen LogP contribution is -2.41. The molecule has 1 aromatic carbocycles. The van der Waals surface area contributed by atoms with Crippen LogP contribution in [0.3, 0.4) is 0 Å². The van der Waals surface area contributed by atoms with Gasteiger partial charge in [-0.25, -0.2) is 4.79 Å². The first-order valence-corrected chi connectivity index (χ1v) is 11.3. The Bertz CT molecular complexity index is 1230. The van der Waals surface area contributed by atoms with Crippen LogP contribution in [0.2, 0.25) is 0 Å². The number of amides is 1. The van der Waals surface area contributed by atoms with E-state index in [1.54, 1.807) is 12.4 Å². The van der Waals surface area contributed by atoms with E-state index >= 15 is 0 Å². The van der Waals surface area contributed by atoms with Crippen LogP contribution in [0.15, 0.2) is 54.9 Å². The van der Waals surface area contributed by atoms with Crippen LogP contribution in [0.4, 0.5) is 24.5 Å². The van der Waals surface area contributed by atoms with Crippen molar-refractivity contribution in [2.45, 2.75) is 31.5 Å². The molecule has 0 saturated carbocycles. The first-order valence-electron chi connectivity index (χ1n) is 11.3. The highest BCUT2D eigenvalue weighted by molar-refractivity contribution is 6.08. The maximum atomic E-state index is 13.1. The van der Waals surface area contributed by atoms with Crippen molar-refractivity contribution in [3.8, 4) is 11.3 Å². The van der Waals surface area contributed by atoms with E-state index in [-0.39, 0.29) is 24.2 Å². The third-order valence-corrected chi connectivity index (χ3v) is 5.46. The number of para-hydroxylation sites is 1. The number of hydrogen-bond acceptors (Lipinski definition) is 6. The molecule has 2 aromatic heterocycles. The molecule has 1 aliphatic carbocycles. The van der Waals surface area contributed by atoms with Gasteiger partial charge in [0.05, 0.1) is 16.9 Å². The van der Waals surface area contributed by atoms with E-state index in [1.807, 2.05) is 49.5 Å². The number of benzene rings is 1. The number of ketones is 1. The Morgan fingerprint density at radius 2 is 1.76 bits per heavy atom. The summed E-state index contributed by atoms with van der Waals surface area (Å²) >= 11 is 0. The van der Waals surface area contributed by atoms with E-state index < -0.39 is 12.1 Å². The topological polar surface area (TPSA) is 136 Å². The second-order valence-electron chi connectivity index (χ2n) is 8.21. The Balaban J connectivity index is 0.000000479. The molecule has 0 radical (unpaired) electrons. The quantitative estimate of drug-likeness (QED) is 0.323. The standard InChI is InChI=1S/C23H25N5O2.C2HF3O2/c1-24-10-9-20(30)26-17-13-18-21(19(29)14-17)23(27-16-5-3-2-4-6-16)22(28-18)15-7-11-25-12-8-15;3-2(4,5)1(6)7/h2-8,11-12,17,24,27-28H,9-10,13-14H2,1H3,(H,26,30);(H,6,7). The van der Waals surface area contributed by atoms with Crippen LogP contribution in [0.1, 0.15) is 28.9 Å². The molecule has 196 valence electrons. The van der Waals surface area contributed by atoms with Gasteiger partial charge in [-0.05, 0) is 31.3 Å². The third kappa shape index (κ3) is 7.40. The number of Topliss-reactive ketones (excluding diaryl/α,β-unsaturated/α-hetero) is 1. The minimum atomic E-state index is -5.08. The number of aliphatic carboxylic acids is 1. The number of nitrogens with one attached hydrogen (secondary N) is 4. The molecule has 0 fully saturated rings. The molecule has 1 unspecified atom stereocenters. The van der Waals surface area contributed by atoms with E-state index in [0.717, 1.165) is 28.3 Å². The molecule has 1 atom stereocenters. The van der Waals surface area contributed by atoms with Gasteiger partial charge in [0.25, 0.3) is 0 Å². The van der Waals surface area contributed by atoms with Crippen molar-refractivity contribution in [2.75, 3.05) is 18.9 Å². The van der Waals surface area contributed by atoms with Crippen molar-refractivity contribution in [3.05, 3.63) is 66.1 Å². The number of carbonyl (C=O) groups excluding carboxylic acids is 2. The van der Waals surface area contributed by atoms with Crippen LogP contribution >= 0.6 is 0 Å². The summed E-state index contributed by atoms with van der Waals surface area (Å²) in [5.41, 5.74) is 4.99. The monoisotopic (exact) mass is 517 g/mol. The Hall–Kier alpha value is -4.19. The highest BCUT2D eigenvalue weighted by Crippen LogP contribution is 2.38. The number of aromatic amines is 1. The zero-order valence-electron chi connectivity index (χ0n) is 19.9. The number of nitrogens with zero attached hydrogens (tertiary/aromatic N) is 1. The summed E-state index contributed by atoms with van der Waals surface area (Å²) in [4.78, 5) is 41.7. The van der Waals surface area contributed by atoms with Gasteiger partial charge >= 0.3 is 12.1 Å². The fourth-order valence-electron chi connectivity index (χ4n) is 3.82. The van der Waals surface area contributed by atoms with Gasteiger partial charge in [-0.15, -0.1) is 0 Å². The van der Waals surface area contributed by atoms with Crippen LogP contribution in [-0.2, 0) is 16.0 Å². The number of hydrogen-bond donors (Lipinski definition) is 5. The van der Waals surface area contributed by atoms with Gasteiger partial charge in [0.15, 0.2) is 5.78 Å². The smallest absolute Gasteiger partial charge is 0.475 e. The summed E-state index contributed by atoms with van der Waals surface area (Å²) in [6.07, 6.45) is -0.361. The summed E-state index contributed by atoms with van der Waals surface area (Å²) in [6, 6.07) is 13.4. The highest BCUT2D eigenvalue weighted by Gasteiger charge is 2.38. The molecule has 2 heterocycles. The summed E-state index contributed by atoms with van der Waals surface area (Å²) in [5.74, 6) is -2.79. The maximum absolute atomic E-state index is 13.1. The van der Waals surface area contributed by atoms with Crippen molar-refractivity contribution in [3.63, 3.8) is 0 Å². The lowest BCUT2D eigenvalue weighted by Gasteiger charge is -2.23. The van der Waals surface area contributed by atoms with E-state index in [9.17, 15) is 22.8 Å². The lowest BCUT2D eigenvalue weighted by atomic mass is 9.91. The molecule has 0 bridgehead atoms. The van der Waals surface area contributed by atoms with E-state index in [1.165, 1.54) is 0 Å². The fraction of sp³-hybridized carbons (Fsp3) is 0.280. The number of carbonyl (C=O) groups is 3. The molecule has 0 saturated heterocycles. The Morgan fingerprint density at radius 1 is 1.11 bits per heavy atom. The summed E-state index contributed by atoms with van der Waals surface area (Å²) in [5, 5.41) is 16.5. The molecule has 1 aliphatic rings. The van der Waals surface area contributed by atoms with Gasteiger partial charge in [0.2, 0.25) is 5.91 Å². The van der Waals surface area contributed by atoms with Gasteiger partial charge < -0.3 is 26.0 Å². The predicted octanol–water partition coefficient (Wildman–Crippen LogP) is 3.68. The molecule has 37 heavy (non-hydrogen) atoms. The number of fused-ring (bicyclic) bond motifs is 1. The summed E-state index contributed by atoms with van der Waals surface area (Å²) in [6.45, 7) is 0.609. The normalized spacial score (nSPS) is 14.7. The number of carboxylic acids is 1. The SMILES string of the molecule is CNCCC(=O)NC1CC(=O)c2c([nH]c(-c3ccncc3)c2Nc2ccccc2)C1.O=C(O)C(F)(F)F. The molecule has 9 nitrogen and oxygen atoms in total. The van der Waals surface area contributed by atoms with Crippen molar-refractivity contribution in [1.82, 2.24) is 20.6 Å². The van der Waals surface area contributed by atoms with Gasteiger partial charge in [-0.1, -0.05) is 18.2 Å². The minimum absolute atomic E-state index is 0.0187. The average molecular weight is 518 g/mol. The van der Waals surface area contributed by atoms with Gasteiger partial charge in [0.1, 0.15) is 0 Å². The number of pyridine rings is 1. The number of aromatic nitrogens is 2. The number of halogens is 3. The second kappa shape index (κ2) is 12.2. The lowest BCUT2D eigenvalue weighted by molar-refractivity contribution is -0.192. The first kappa shape index (κ1) is 27.4. The fourth-order valence-corrected chi connectivity index (χ4v) is 3.82. The number of alkyl halides is 3. The van der Waals surface area contributed by atoms with E-state index in [2.05, 4.69) is 25.9 Å². The summed E-state index contributed by atoms with van der Waals surface area (Å²) in [7, 11) is 1.81. The van der Waals surface area contributed by atoms with Crippen LogP contribution in [-0.4, -0.2) is 58.5 Å². The molecular formula is C25H26F3N5O4. The third-order valence-electron chi connectivity index (χ3n) is 5.46. The molecule has 5 N–H and O–H groups in total. The largest absolute Gasteiger partial charge is 0.490 e. The van der Waals surface area contributed by atoms with Crippen LogP contribution in [0.25, 0.3) is 11.3 Å². The molecule has 0 spiro atoms.